The number of hydrogen-bond acceptors (Lipinski definition) is 8. The molecule has 3 N–H and O–H groups in total. The number of carbonyl (C=O) groups is 2. The van der Waals surface area contributed by atoms with Crippen molar-refractivity contribution in [2.75, 3.05) is 23.8 Å². The zero-order valence-corrected chi connectivity index (χ0v) is 20.6. The third-order valence-corrected chi connectivity index (χ3v) is 5.64. The SMILES string of the molecule is Cc1ccc(NC(=O)c2cc(C(C)(F)F)cnn2)cc1-c1cc(NCCO)nc(-c2ccnc(C=O)c2)c1. The Morgan fingerprint density at radius 1 is 1.11 bits per heavy atom. The molecule has 0 bridgehead atoms. The molecule has 0 atom stereocenters. The number of pyridine rings is 2. The van der Waals surface area contributed by atoms with Crippen LogP contribution in [0.4, 0.5) is 20.3 Å². The Morgan fingerprint density at radius 2 is 1.92 bits per heavy atom. The summed E-state index contributed by atoms with van der Waals surface area (Å²) >= 11 is 0. The van der Waals surface area contributed by atoms with E-state index in [0.717, 1.165) is 35.9 Å². The first-order chi connectivity index (χ1) is 18.2. The molecular formula is C27H24F2N6O3. The Labute approximate surface area is 217 Å². The Hall–Kier alpha value is -4.64. The largest absolute Gasteiger partial charge is 0.395 e. The van der Waals surface area contributed by atoms with E-state index in [2.05, 4.69) is 30.8 Å². The maximum absolute atomic E-state index is 13.7. The fourth-order valence-corrected chi connectivity index (χ4v) is 3.70. The van der Waals surface area contributed by atoms with Crippen molar-refractivity contribution in [3.05, 3.63) is 83.4 Å². The molecule has 0 fully saturated rings. The molecule has 1 amide bonds. The van der Waals surface area contributed by atoms with E-state index in [-0.39, 0.29) is 24.5 Å². The normalized spacial score (nSPS) is 11.2. The number of aliphatic hydroxyl groups is 1. The number of aliphatic hydroxyl groups excluding tert-OH is 1. The number of amides is 1. The molecule has 0 aliphatic rings. The lowest BCUT2D eigenvalue weighted by molar-refractivity contribution is 0.0169. The summed E-state index contributed by atoms with van der Waals surface area (Å²) in [5.74, 6) is -3.35. The van der Waals surface area contributed by atoms with Crippen LogP contribution in [0, 0.1) is 6.92 Å². The van der Waals surface area contributed by atoms with Crippen LogP contribution in [-0.2, 0) is 5.92 Å². The number of hydrogen-bond donors (Lipinski definition) is 3. The average Bonchev–Trinajstić information content (AvgIpc) is 2.92. The number of aldehydes is 1. The Morgan fingerprint density at radius 3 is 2.66 bits per heavy atom. The van der Waals surface area contributed by atoms with E-state index < -0.39 is 17.4 Å². The number of aryl methyl sites for hydroxylation is 1. The molecule has 0 saturated carbocycles. The van der Waals surface area contributed by atoms with Gasteiger partial charge in [-0.1, -0.05) is 6.07 Å². The highest BCUT2D eigenvalue weighted by Gasteiger charge is 2.26. The van der Waals surface area contributed by atoms with Crippen LogP contribution in [-0.4, -0.2) is 50.6 Å². The molecule has 38 heavy (non-hydrogen) atoms. The van der Waals surface area contributed by atoms with Crippen LogP contribution in [0.25, 0.3) is 22.4 Å². The second-order valence-corrected chi connectivity index (χ2v) is 8.57. The zero-order chi connectivity index (χ0) is 27.3. The maximum Gasteiger partial charge on any atom is 0.276 e. The molecule has 4 aromatic rings. The van der Waals surface area contributed by atoms with Crippen LogP contribution >= 0.6 is 0 Å². The van der Waals surface area contributed by atoms with Gasteiger partial charge in [-0.05, 0) is 66.1 Å². The molecule has 0 unspecified atom stereocenters. The Bertz CT molecular complexity index is 1490. The van der Waals surface area contributed by atoms with Crippen LogP contribution in [0.2, 0.25) is 0 Å². The first-order valence-electron chi connectivity index (χ1n) is 11.6. The predicted molar refractivity (Wildman–Crippen MR) is 138 cm³/mol. The summed E-state index contributed by atoms with van der Waals surface area (Å²) in [6.45, 7) is 2.80. The second-order valence-electron chi connectivity index (χ2n) is 8.57. The zero-order valence-electron chi connectivity index (χ0n) is 20.6. The van der Waals surface area contributed by atoms with Crippen LogP contribution in [0.15, 0.2) is 60.9 Å². The maximum atomic E-state index is 13.7. The molecule has 11 heteroatoms. The molecule has 0 aliphatic heterocycles. The molecule has 9 nitrogen and oxygen atoms in total. The summed E-state index contributed by atoms with van der Waals surface area (Å²) in [6.07, 6.45) is 3.09. The molecule has 0 radical (unpaired) electrons. The summed E-state index contributed by atoms with van der Waals surface area (Å²) in [4.78, 5) is 32.6. The Balaban J connectivity index is 1.71. The smallest absolute Gasteiger partial charge is 0.276 e. The number of aromatic nitrogens is 4. The first kappa shape index (κ1) is 26.4. The number of carbonyl (C=O) groups excluding carboxylic acids is 2. The van der Waals surface area contributed by atoms with Gasteiger partial charge in [0.1, 0.15) is 11.5 Å². The van der Waals surface area contributed by atoms with Crippen molar-refractivity contribution in [2.45, 2.75) is 19.8 Å². The summed E-state index contributed by atoms with van der Waals surface area (Å²) in [7, 11) is 0. The van der Waals surface area contributed by atoms with Gasteiger partial charge in [0.25, 0.3) is 11.8 Å². The topological polar surface area (TPSA) is 130 Å². The van der Waals surface area contributed by atoms with Crippen molar-refractivity contribution in [1.29, 1.82) is 0 Å². The van der Waals surface area contributed by atoms with Crippen LogP contribution in [0.5, 0.6) is 0 Å². The fourth-order valence-electron chi connectivity index (χ4n) is 3.70. The minimum atomic E-state index is -3.16. The highest BCUT2D eigenvalue weighted by Crippen LogP contribution is 2.32. The van der Waals surface area contributed by atoms with Crippen LogP contribution < -0.4 is 10.6 Å². The number of nitrogens with one attached hydrogen (secondary N) is 2. The summed E-state index contributed by atoms with van der Waals surface area (Å²) in [5.41, 5.74) is 3.67. The minimum Gasteiger partial charge on any atom is -0.395 e. The molecular weight excluding hydrogens is 494 g/mol. The van der Waals surface area contributed by atoms with Crippen molar-refractivity contribution in [3.63, 3.8) is 0 Å². The van der Waals surface area contributed by atoms with Gasteiger partial charge in [-0.15, -0.1) is 5.10 Å². The van der Waals surface area contributed by atoms with Gasteiger partial charge in [-0.25, -0.2) is 13.8 Å². The third kappa shape index (κ3) is 6.19. The lowest BCUT2D eigenvalue weighted by atomic mass is 9.98. The van der Waals surface area contributed by atoms with Gasteiger partial charge >= 0.3 is 0 Å². The molecule has 3 aromatic heterocycles. The number of alkyl halides is 2. The third-order valence-electron chi connectivity index (χ3n) is 5.64. The first-order valence-corrected chi connectivity index (χ1v) is 11.6. The fraction of sp³-hybridized carbons (Fsp3) is 0.185. The number of halogens is 2. The highest BCUT2D eigenvalue weighted by molar-refractivity contribution is 6.03. The van der Waals surface area contributed by atoms with Gasteiger partial charge < -0.3 is 15.7 Å². The molecule has 4 rings (SSSR count). The number of benzene rings is 1. The number of anilines is 2. The molecule has 0 saturated heterocycles. The molecule has 3 heterocycles. The summed E-state index contributed by atoms with van der Waals surface area (Å²) < 4.78 is 27.3. The highest BCUT2D eigenvalue weighted by atomic mass is 19.3. The quantitative estimate of drug-likeness (QED) is 0.276. The second kappa shape index (κ2) is 11.2. The molecule has 194 valence electrons. The van der Waals surface area contributed by atoms with Crippen molar-refractivity contribution in [1.82, 2.24) is 20.2 Å². The molecule has 0 spiro atoms. The van der Waals surface area contributed by atoms with E-state index in [0.29, 0.717) is 29.0 Å². The van der Waals surface area contributed by atoms with E-state index in [1.165, 1.54) is 6.20 Å². The summed E-state index contributed by atoms with van der Waals surface area (Å²) in [6, 6.07) is 13.2. The van der Waals surface area contributed by atoms with Crippen molar-refractivity contribution in [2.24, 2.45) is 0 Å². The molecule has 1 aromatic carbocycles. The van der Waals surface area contributed by atoms with Crippen molar-refractivity contribution < 1.29 is 23.5 Å². The van der Waals surface area contributed by atoms with E-state index in [4.69, 9.17) is 0 Å². The average molecular weight is 519 g/mol. The van der Waals surface area contributed by atoms with Gasteiger partial charge in [0.05, 0.1) is 18.5 Å². The van der Waals surface area contributed by atoms with Gasteiger partial charge in [-0.2, -0.15) is 5.10 Å². The summed E-state index contributed by atoms with van der Waals surface area (Å²) in [5, 5.41) is 22.2. The number of rotatable bonds is 9. The van der Waals surface area contributed by atoms with Crippen LogP contribution in [0.3, 0.4) is 0 Å². The van der Waals surface area contributed by atoms with Gasteiger partial charge in [0, 0.05) is 36.5 Å². The molecule has 0 aliphatic carbocycles. The Kier molecular flexibility index (Phi) is 7.77. The predicted octanol–water partition coefficient (Wildman–Crippen LogP) is 4.49. The van der Waals surface area contributed by atoms with Gasteiger partial charge in [0.2, 0.25) is 0 Å². The minimum absolute atomic E-state index is 0.0968. The van der Waals surface area contributed by atoms with Crippen molar-refractivity contribution in [3.8, 4) is 22.4 Å². The monoisotopic (exact) mass is 518 g/mol. The van der Waals surface area contributed by atoms with Crippen molar-refractivity contribution >= 4 is 23.7 Å². The number of nitrogens with zero attached hydrogens (tertiary/aromatic N) is 4. The van der Waals surface area contributed by atoms with E-state index >= 15 is 0 Å². The van der Waals surface area contributed by atoms with Crippen LogP contribution in [0.1, 0.15) is 39.0 Å². The van der Waals surface area contributed by atoms with Gasteiger partial charge in [0.15, 0.2) is 12.0 Å². The van der Waals surface area contributed by atoms with E-state index in [1.807, 2.05) is 19.1 Å². The lowest BCUT2D eigenvalue weighted by Crippen LogP contribution is -2.17. The van der Waals surface area contributed by atoms with E-state index in [9.17, 15) is 23.5 Å². The van der Waals surface area contributed by atoms with Gasteiger partial charge in [-0.3, -0.25) is 14.6 Å². The lowest BCUT2D eigenvalue weighted by Gasteiger charge is -2.14. The standard InChI is InChI=1S/C27H24F2N6O3/c1-16-3-4-20(33-26(38)24-12-19(14-32-35-24)27(2,28)29)13-22(16)18-10-23(34-25(11-18)31-7-8-36)17-5-6-30-21(9-17)15-37/h3-6,9-15,36H,7-8H2,1-2H3,(H,31,34)(H,33,38). The van der Waals surface area contributed by atoms with E-state index in [1.54, 1.807) is 30.3 Å².